The molecule has 0 aliphatic rings. The van der Waals surface area contributed by atoms with Gasteiger partial charge in [-0.15, -0.1) is 11.8 Å². The molecule has 0 aliphatic carbocycles. The van der Waals surface area contributed by atoms with Crippen molar-refractivity contribution in [1.29, 1.82) is 0 Å². The molecule has 0 atom stereocenters. The van der Waals surface area contributed by atoms with Gasteiger partial charge in [-0.25, -0.2) is 0 Å². The lowest BCUT2D eigenvalue weighted by atomic mass is 9.84. The number of allylic oxidation sites excluding steroid dienone is 1. The second-order valence-electron chi connectivity index (χ2n) is 8.46. The zero-order chi connectivity index (χ0) is 24.1. The molecule has 0 radical (unpaired) electrons. The van der Waals surface area contributed by atoms with E-state index in [9.17, 15) is 4.79 Å². The number of nitrogens with one attached hydrogen (secondary N) is 1. The molecule has 2 N–H and O–H groups in total. The number of benzene rings is 3. The van der Waals surface area contributed by atoms with E-state index in [-0.39, 0.29) is 16.4 Å². The molecule has 178 valence electrons. The van der Waals surface area contributed by atoms with Crippen LogP contribution in [0.5, 0.6) is 0 Å². The summed E-state index contributed by atoms with van der Waals surface area (Å²) >= 11 is 2.00. The van der Waals surface area contributed by atoms with Gasteiger partial charge in [0.15, 0.2) is 0 Å². The van der Waals surface area contributed by atoms with Crippen molar-refractivity contribution < 1.29 is 9.90 Å². The van der Waals surface area contributed by atoms with E-state index in [4.69, 9.17) is 5.11 Å². The normalized spacial score (nSPS) is 11.2. The van der Waals surface area contributed by atoms with Crippen LogP contribution in [0.4, 0.5) is 0 Å². The lowest BCUT2D eigenvalue weighted by Crippen LogP contribution is -2.26. The third-order valence-corrected chi connectivity index (χ3v) is 7.53. The fraction of sp³-hybridized carbons (Fsp3) is 0.300. The SMILES string of the molecule is C=C(O)CCC(=O)NCCCCCCSC(c1ccccc1)(c1ccccc1)c1ccccc1. The Balaban J connectivity index is 1.61. The van der Waals surface area contributed by atoms with Gasteiger partial charge in [-0.2, -0.15) is 0 Å². The van der Waals surface area contributed by atoms with Crippen LogP contribution in [0.1, 0.15) is 55.2 Å². The van der Waals surface area contributed by atoms with Crippen LogP contribution in [0.2, 0.25) is 0 Å². The van der Waals surface area contributed by atoms with E-state index in [1.54, 1.807) is 0 Å². The highest BCUT2D eigenvalue weighted by atomic mass is 32.2. The van der Waals surface area contributed by atoms with Gasteiger partial charge in [0.25, 0.3) is 0 Å². The summed E-state index contributed by atoms with van der Waals surface area (Å²) in [6.45, 7) is 4.10. The standard InChI is InChI=1S/C30H35NO2S/c1-25(32)21-22-29(33)31-23-13-2-3-14-24-34-30(26-15-7-4-8-16-26,27-17-9-5-10-18-27)28-19-11-6-12-20-28/h4-12,15-20,32H,1-3,13-14,21-24H2,(H,31,33). The van der Waals surface area contributed by atoms with Crippen LogP contribution in [0.3, 0.4) is 0 Å². The van der Waals surface area contributed by atoms with Crippen molar-refractivity contribution in [2.45, 2.75) is 43.3 Å². The predicted octanol–water partition coefficient (Wildman–Crippen LogP) is 7.24. The zero-order valence-corrected chi connectivity index (χ0v) is 20.6. The van der Waals surface area contributed by atoms with E-state index in [2.05, 4.69) is 103 Å². The van der Waals surface area contributed by atoms with Crippen LogP contribution in [-0.4, -0.2) is 23.3 Å². The number of carbonyl (C=O) groups is 1. The van der Waals surface area contributed by atoms with Gasteiger partial charge in [0, 0.05) is 19.4 Å². The molecule has 3 aromatic rings. The largest absolute Gasteiger partial charge is 0.513 e. The first-order chi connectivity index (χ1) is 16.6. The minimum absolute atomic E-state index is 0.0240. The summed E-state index contributed by atoms with van der Waals surface area (Å²) in [4.78, 5) is 11.7. The van der Waals surface area contributed by atoms with E-state index in [0.717, 1.165) is 31.4 Å². The van der Waals surface area contributed by atoms with Crippen LogP contribution in [0.15, 0.2) is 103 Å². The summed E-state index contributed by atoms with van der Waals surface area (Å²) in [6, 6.07) is 32.4. The summed E-state index contributed by atoms with van der Waals surface area (Å²) in [5.41, 5.74) is 3.89. The van der Waals surface area contributed by atoms with Crippen molar-refractivity contribution in [2.75, 3.05) is 12.3 Å². The molecule has 1 amide bonds. The zero-order valence-electron chi connectivity index (χ0n) is 19.8. The van der Waals surface area contributed by atoms with Gasteiger partial charge in [-0.1, -0.05) is 110 Å². The number of unbranched alkanes of at least 4 members (excludes halogenated alkanes) is 3. The molecule has 4 heteroatoms. The quantitative estimate of drug-likeness (QED) is 0.147. The van der Waals surface area contributed by atoms with Gasteiger partial charge < -0.3 is 10.4 Å². The van der Waals surface area contributed by atoms with E-state index < -0.39 is 0 Å². The van der Waals surface area contributed by atoms with Gasteiger partial charge in [0.1, 0.15) is 0 Å². The van der Waals surface area contributed by atoms with Gasteiger partial charge in [0.2, 0.25) is 5.91 Å². The Morgan fingerprint density at radius 1 is 0.735 bits per heavy atom. The molecule has 0 unspecified atom stereocenters. The van der Waals surface area contributed by atoms with Gasteiger partial charge in [-0.3, -0.25) is 4.79 Å². The van der Waals surface area contributed by atoms with Crippen molar-refractivity contribution in [3.63, 3.8) is 0 Å². The summed E-state index contributed by atoms with van der Waals surface area (Å²) in [5.74, 6) is 1.08. The van der Waals surface area contributed by atoms with E-state index in [1.165, 1.54) is 16.7 Å². The second kappa shape index (κ2) is 13.7. The third kappa shape index (κ3) is 7.26. The molecule has 0 spiro atoms. The van der Waals surface area contributed by atoms with Crippen LogP contribution in [0, 0.1) is 0 Å². The summed E-state index contributed by atoms with van der Waals surface area (Å²) in [6.07, 6.45) is 4.93. The molecule has 0 saturated carbocycles. The van der Waals surface area contributed by atoms with E-state index in [0.29, 0.717) is 19.4 Å². The Morgan fingerprint density at radius 3 is 1.68 bits per heavy atom. The van der Waals surface area contributed by atoms with Gasteiger partial charge in [0.05, 0.1) is 10.5 Å². The molecule has 0 saturated heterocycles. The first-order valence-electron chi connectivity index (χ1n) is 12.1. The second-order valence-corrected chi connectivity index (χ2v) is 9.77. The molecule has 0 fully saturated rings. The first-order valence-corrected chi connectivity index (χ1v) is 13.1. The smallest absolute Gasteiger partial charge is 0.220 e. The highest BCUT2D eigenvalue weighted by Gasteiger charge is 2.36. The number of hydrogen-bond acceptors (Lipinski definition) is 3. The molecule has 3 aromatic carbocycles. The lowest BCUT2D eigenvalue weighted by Gasteiger charge is -2.35. The fourth-order valence-corrected chi connectivity index (χ4v) is 5.71. The Kier molecular flexibility index (Phi) is 10.3. The maximum atomic E-state index is 11.7. The molecule has 0 aromatic heterocycles. The molecular formula is C30H35NO2S. The molecule has 3 nitrogen and oxygen atoms in total. The highest BCUT2D eigenvalue weighted by Crippen LogP contribution is 2.48. The molecular weight excluding hydrogens is 438 g/mol. The van der Waals surface area contributed by atoms with E-state index >= 15 is 0 Å². The lowest BCUT2D eigenvalue weighted by molar-refractivity contribution is -0.121. The number of amides is 1. The van der Waals surface area contributed by atoms with Crippen LogP contribution < -0.4 is 5.32 Å². The van der Waals surface area contributed by atoms with Gasteiger partial charge >= 0.3 is 0 Å². The molecule has 0 heterocycles. The molecule has 0 aliphatic heterocycles. The Labute approximate surface area is 208 Å². The van der Waals surface area contributed by atoms with Crippen molar-refractivity contribution in [1.82, 2.24) is 5.32 Å². The fourth-order valence-electron chi connectivity index (χ4n) is 4.15. The molecule has 34 heavy (non-hydrogen) atoms. The Morgan fingerprint density at radius 2 is 1.21 bits per heavy atom. The number of rotatable bonds is 14. The summed E-state index contributed by atoms with van der Waals surface area (Å²) < 4.78 is -0.255. The minimum Gasteiger partial charge on any atom is -0.513 e. The van der Waals surface area contributed by atoms with Crippen LogP contribution >= 0.6 is 11.8 Å². The maximum Gasteiger partial charge on any atom is 0.220 e. The highest BCUT2D eigenvalue weighted by molar-refractivity contribution is 8.00. The average molecular weight is 474 g/mol. The van der Waals surface area contributed by atoms with Crippen molar-refractivity contribution in [3.05, 3.63) is 120 Å². The average Bonchev–Trinajstić information content (AvgIpc) is 2.88. The molecule has 3 rings (SSSR count). The monoisotopic (exact) mass is 473 g/mol. The van der Waals surface area contributed by atoms with Crippen molar-refractivity contribution in [2.24, 2.45) is 0 Å². The Hall–Kier alpha value is -2.98. The minimum atomic E-state index is -0.255. The number of thioether (sulfide) groups is 1. The Bertz CT molecular complexity index is 909. The van der Waals surface area contributed by atoms with E-state index in [1.807, 2.05) is 11.8 Å². The number of hydrogen-bond donors (Lipinski definition) is 2. The summed E-state index contributed by atoms with van der Waals surface area (Å²) in [5, 5.41) is 12.0. The number of aliphatic hydroxyl groups is 1. The topological polar surface area (TPSA) is 49.3 Å². The number of carbonyl (C=O) groups excluding carboxylic acids is 1. The third-order valence-electron chi connectivity index (χ3n) is 5.89. The summed E-state index contributed by atoms with van der Waals surface area (Å²) in [7, 11) is 0. The van der Waals surface area contributed by atoms with Crippen molar-refractivity contribution >= 4 is 17.7 Å². The van der Waals surface area contributed by atoms with Crippen LogP contribution in [-0.2, 0) is 9.54 Å². The van der Waals surface area contributed by atoms with Crippen LogP contribution in [0.25, 0.3) is 0 Å². The maximum absolute atomic E-state index is 11.7. The van der Waals surface area contributed by atoms with Gasteiger partial charge in [-0.05, 0) is 35.3 Å². The number of aliphatic hydroxyl groups excluding tert-OH is 1. The van der Waals surface area contributed by atoms with Crippen molar-refractivity contribution in [3.8, 4) is 0 Å². The predicted molar refractivity (Wildman–Crippen MR) is 144 cm³/mol. The molecule has 0 bridgehead atoms. The first kappa shape index (κ1) is 25.6.